The average molecular weight is 304 g/mol. The minimum Gasteiger partial charge on any atom is -0.330 e. The molecule has 0 amide bonds. The SMILES string of the molecule is CC(CNS(=O)(=O)N1CCC(CN)CC1)N(C)C1CC1. The molecule has 2 rings (SSSR count). The quantitative estimate of drug-likeness (QED) is 0.692. The van der Waals surface area contributed by atoms with Crippen LogP contribution in [0.4, 0.5) is 0 Å². The van der Waals surface area contributed by atoms with E-state index in [4.69, 9.17) is 5.73 Å². The predicted octanol–water partition coefficient (Wildman–Crippen LogP) is -0.0258. The Kier molecular flexibility index (Phi) is 5.42. The van der Waals surface area contributed by atoms with E-state index in [9.17, 15) is 8.42 Å². The van der Waals surface area contributed by atoms with E-state index in [0.29, 0.717) is 38.1 Å². The zero-order chi connectivity index (χ0) is 14.8. The van der Waals surface area contributed by atoms with Crippen LogP contribution in [0.1, 0.15) is 32.6 Å². The minimum absolute atomic E-state index is 0.235. The summed E-state index contributed by atoms with van der Waals surface area (Å²) in [5, 5.41) is 0. The van der Waals surface area contributed by atoms with Crippen molar-refractivity contribution in [3.05, 3.63) is 0 Å². The third kappa shape index (κ3) is 4.14. The van der Waals surface area contributed by atoms with Crippen LogP contribution in [-0.2, 0) is 10.2 Å². The summed E-state index contributed by atoms with van der Waals surface area (Å²) in [5.74, 6) is 0.473. The fraction of sp³-hybridized carbons (Fsp3) is 1.00. The molecule has 0 aromatic carbocycles. The van der Waals surface area contributed by atoms with Gasteiger partial charge in [-0.05, 0) is 52.1 Å². The third-order valence-electron chi connectivity index (χ3n) is 4.63. The molecule has 2 aliphatic rings. The first-order valence-electron chi connectivity index (χ1n) is 7.60. The van der Waals surface area contributed by atoms with Gasteiger partial charge in [0, 0.05) is 31.7 Å². The Balaban J connectivity index is 1.78. The zero-order valence-corrected chi connectivity index (χ0v) is 13.4. The van der Waals surface area contributed by atoms with E-state index >= 15 is 0 Å². The minimum atomic E-state index is -3.33. The molecule has 20 heavy (non-hydrogen) atoms. The number of hydrogen-bond donors (Lipinski definition) is 2. The summed E-state index contributed by atoms with van der Waals surface area (Å²) in [6.07, 6.45) is 4.21. The number of hydrogen-bond acceptors (Lipinski definition) is 4. The van der Waals surface area contributed by atoms with E-state index in [1.807, 2.05) is 0 Å². The van der Waals surface area contributed by atoms with Gasteiger partial charge in [0.1, 0.15) is 0 Å². The second kappa shape index (κ2) is 6.70. The average Bonchev–Trinajstić information content (AvgIpc) is 3.28. The van der Waals surface area contributed by atoms with Gasteiger partial charge in [-0.25, -0.2) is 4.72 Å². The highest BCUT2D eigenvalue weighted by Crippen LogP contribution is 2.26. The lowest BCUT2D eigenvalue weighted by molar-refractivity contribution is 0.243. The summed E-state index contributed by atoms with van der Waals surface area (Å²) >= 11 is 0. The second-order valence-corrected chi connectivity index (χ2v) is 7.93. The number of rotatable bonds is 7. The van der Waals surface area contributed by atoms with Crippen LogP contribution < -0.4 is 10.5 Å². The topological polar surface area (TPSA) is 78.7 Å². The van der Waals surface area contributed by atoms with Crippen LogP contribution in [0.25, 0.3) is 0 Å². The lowest BCUT2D eigenvalue weighted by Crippen LogP contribution is -2.49. The Morgan fingerprint density at radius 3 is 2.40 bits per heavy atom. The van der Waals surface area contributed by atoms with Gasteiger partial charge >= 0.3 is 0 Å². The number of nitrogens with zero attached hydrogens (tertiary/aromatic N) is 2. The van der Waals surface area contributed by atoms with Gasteiger partial charge in [-0.1, -0.05) is 0 Å². The molecule has 6 nitrogen and oxygen atoms in total. The fourth-order valence-corrected chi connectivity index (χ4v) is 4.01. The van der Waals surface area contributed by atoms with E-state index in [1.165, 1.54) is 12.8 Å². The van der Waals surface area contributed by atoms with Crippen molar-refractivity contribution in [3.63, 3.8) is 0 Å². The molecular formula is C13H28N4O2S. The van der Waals surface area contributed by atoms with Crippen molar-refractivity contribution in [1.82, 2.24) is 13.9 Å². The third-order valence-corrected chi connectivity index (χ3v) is 6.20. The highest BCUT2D eigenvalue weighted by atomic mass is 32.2. The van der Waals surface area contributed by atoms with Crippen LogP contribution in [0.2, 0.25) is 0 Å². The van der Waals surface area contributed by atoms with E-state index in [1.54, 1.807) is 4.31 Å². The first-order valence-corrected chi connectivity index (χ1v) is 9.04. The second-order valence-electron chi connectivity index (χ2n) is 6.18. The van der Waals surface area contributed by atoms with Gasteiger partial charge in [0.05, 0.1) is 0 Å². The van der Waals surface area contributed by atoms with Crippen molar-refractivity contribution < 1.29 is 8.42 Å². The van der Waals surface area contributed by atoms with Crippen molar-refractivity contribution >= 4 is 10.2 Å². The Bertz CT molecular complexity index is 403. The number of likely N-dealkylation sites (N-methyl/N-ethyl adjacent to an activating group) is 1. The molecule has 118 valence electrons. The predicted molar refractivity (Wildman–Crippen MR) is 80.5 cm³/mol. The summed E-state index contributed by atoms with van der Waals surface area (Å²) in [5.41, 5.74) is 5.63. The molecule has 0 aromatic rings. The molecular weight excluding hydrogens is 276 g/mol. The first kappa shape index (κ1) is 16.2. The van der Waals surface area contributed by atoms with E-state index < -0.39 is 10.2 Å². The zero-order valence-electron chi connectivity index (χ0n) is 12.6. The monoisotopic (exact) mass is 304 g/mol. The fourth-order valence-electron chi connectivity index (χ4n) is 2.69. The number of nitrogens with one attached hydrogen (secondary N) is 1. The summed E-state index contributed by atoms with van der Waals surface area (Å²) in [6, 6.07) is 0.883. The van der Waals surface area contributed by atoms with Gasteiger partial charge in [0.25, 0.3) is 10.2 Å². The van der Waals surface area contributed by atoms with Crippen LogP contribution in [0.3, 0.4) is 0 Å². The molecule has 7 heteroatoms. The van der Waals surface area contributed by atoms with Crippen LogP contribution in [0, 0.1) is 5.92 Å². The summed E-state index contributed by atoms with van der Waals surface area (Å²) in [4.78, 5) is 2.27. The first-order chi connectivity index (χ1) is 9.44. The Labute approximate surface area is 122 Å². The molecule has 1 heterocycles. The molecule has 1 unspecified atom stereocenters. The van der Waals surface area contributed by atoms with Crippen LogP contribution in [0.15, 0.2) is 0 Å². The van der Waals surface area contributed by atoms with Gasteiger partial charge in [-0.2, -0.15) is 12.7 Å². The van der Waals surface area contributed by atoms with Crippen LogP contribution >= 0.6 is 0 Å². The number of piperidine rings is 1. The Morgan fingerprint density at radius 2 is 1.90 bits per heavy atom. The van der Waals surface area contributed by atoms with Crippen LogP contribution in [-0.4, -0.2) is 62.9 Å². The molecule has 1 saturated carbocycles. The van der Waals surface area contributed by atoms with E-state index in [0.717, 1.165) is 12.8 Å². The van der Waals surface area contributed by atoms with Crippen molar-refractivity contribution in [3.8, 4) is 0 Å². The maximum Gasteiger partial charge on any atom is 0.279 e. The molecule has 1 atom stereocenters. The van der Waals surface area contributed by atoms with Crippen LogP contribution in [0.5, 0.6) is 0 Å². The molecule has 1 saturated heterocycles. The van der Waals surface area contributed by atoms with Gasteiger partial charge in [-0.3, -0.25) is 4.90 Å². The normalized spacial score (nSPS) is 24.2. The van der Waals surface area contributed by atoms with Crippen molar-refractivity contribution in [2.45, 2.75) is 44.7 Å². The molecule has 1 aliphatic carbocycles. The van der Waals surface area contributed by atoms with Crippen molar-refractivity contribution in [1.29, 1.82) is 0 Å². The molecule has 0 bridgehead atoms. The van der Waals surface area contributed by atoms with Crippen molar-refractivity contribution in [2.24, 2.45) is 11.7 Å². The van der Waals surface area contributed by atoms with Gasteiger partial charge in [0.2, 0.25) is 0 Å². The van der Waals surface area contributed by atoms with Crippen molar-refractivity contribution in [2.75, 3.05) is 33.2 Å². The highest BCUT2D eigenvalue weighted by molar-refractivity contribution is 7.87. The smallest absolute Gasteiger partial charge is 0.279 e. The largest absolute Gasteiger partial charge is 0.330 e. The Morgan fingerprint density at radius 1 is 1.30 bits per heavy atom. The highest BCUT2D eigenvalue weighted by Gasteiger charge is 2.31. The van der Waals surface area contributed by atoms with E-state index in [-0.39, 0.29) is 6.04 Å². The lowest BCUT2D eigenvalue weighted by Gasteiger charge is -2.31. The standard InChI is InChI=1S/C13H28N4O2S/c1-11(16(2)13-3-4-13)10-15-20(18,19)17-7-5-12(9-14)6-8-17/h11-13,15H,3-10,14H2,1-2H3. The molecule has 0 radical (unpaired) electrons. The van der Waals surface area contributed by atoms with Gasteiger partial charge < -0.3 is 5.73 Å². The molecule has 1 aliphatic heterocycles. The summed E-state index contributed by atoms with van der Waals surface area (Å²) in [6.45, 7) is 4.38. The van der Waals surface area contributed by atoms with Gasteiger partial charge in [-0.15, -0.1) is 0 Å². The molecule has 0 aromatic heterocycles. The summed E-state index contributed by atoms with van der Waals surface area (Å²) < 4.78 is 28.8. The molecule has 3 N–H and O–H groups in total. The maximum absolute atomic E-state index is 12.3. The summed E-state index contributed by atoms with van der Waals surface area (Å²) in [7, 11) is -1.26. The molecule has 2 fully saturated rings. The maximum atomic E-state index is 12.3. The van der Waals surface area contributed by atoms with E-state index in [2.05, 4.69) is 23.6 Å². The lowest BCUT2D eigenvalue weighted by atomic mass is 9.99. The van der Waals surface area contributed by atoms with Gasteiger partial charge in [0.15, 0.2) is 0 Å². The number of nitrogens with two attached hydrogens (primary N) is 1. The molecule has 0 spiro atoms. The Hall–Kier alpha value is -0.210.